The van der Waals surface area contributed by atoms with Gasteiger partial charge in [-0.25, -0.2) is 9.13 Å². The van der Waals surface area contributed by atoms with Crippen LogP contribution in [0.15, 0.2) is 60.8 Å². The molecule has 0 amide bonds. The lowest BCUT2D eigenvalue weighted by atomic mass is 10.1. The minimum Gasteiger partial charge on any atom is -0.462 e. The molecule has 3 N–H and O–H groups in total. The van der Waals surface area contributed by atoms with E-state index in [0.29, 0.717) is 25.7 Å². The van der Waals surface area contributed by atoms with Crippen LogP contribution < -0.4 is 0 Å². The first kappa shape index (κ1) is 90.8. The molecule has 0 rings (SSSR count). The summed E-state index contributed by atoms with van der Waals surface area (Å²) < 4.78 is 68.4. The highest BCUT2D eigenvalue weighted by Gasteiger charge is 2.30. The molecule has 0 aliphatic heterocycles. The largest absolute Gasteiger partial charge is 0.472 e. The number of phosphoric ester groups is 2. The second-order valence-electron chi connectivity index (χ2n) is 25.2. The fourth-order valence-electron chi connectivity index (χ4n) is 10.2. The van der Waals surface area contributed by atoms with E-state index in [4.69, 9.17) is 37.0 Å². The number of ether oxygens (including phenoxy) is 4. The SMILES string of the molecule is CC/C=C\C/C=C\C/C=C\CCCCCCCC(=O)OCC(COP(=O)(O)OCC(O)COP(=O)(O)OCC(COC(=O)CCCCCCC/C=C\CCCCCCCC)OC(=O)CCCCCCCCCCCCC)OC(=O)CCCCCCC/C=C\CCCCCC. The number of phosphoric acid groups is 2. The van der Waals surface area contributed by atoms with Gasteiger partial charge in [0.25, 0.3) is 0 Å². The Hall–Kier alpha value is -3.24. The van der Waals surface area contributed by atoms with E-state index in [1.807, 2.05) is 0 Å². The van der Waals surface area contributed by atoms with Gasteiger partial charge in [0.1, 0.15) is 19.3 Å². The first-order valence-corrected chi connectivity index (χ1v) is 40.5. The Morgan fingerprint density at radius 2 is 0.553 bits per heavy atom. The first-order chi connectivity index (χ1) is 45.7. The van der Waals surface area contributed by atoms with Crippen LogP contribution in [0, 0.1) is 0 Å². The molecule has 0 bridgehead atoms. The molecule has 0 aromatic carbocycles. The normalized spacial score (nSPS) is 14.3. The van der Waals surface area contributed by atoms with Crippen LogP contribution in [0.5, 0.6) is 0 Å². The summed E-state index contributed by atoms with van der Waals surface area (Å²) in [6, 6.07) is 0. The molecule has 17 nitrogen and oxygen atoms in total. The van der Waals surface area contributed by atoms with Crippen molar-refractivity contribution in [2.45, 2.75) is 354 Å². The van der Waals surface area contributed by atoms with Crippen LogP contribution in [-0.4, -0.2) is 96.7 Å². The van der Waals surface area contributed by atoms with Crippen LogP contribution in [0.2, 0.25) is 0 Å². The van der Waals surface area contributed by atoms with Gasteiger partial charge in [-0.15, -0.1) is 0 Å². The van der Waals surface area contributed by atoms with Gasteiger partial charge in [0.2, 0.25) is 0 Å². The van der Waals surface area contributed by atoms with Crippen LogP contribution >= 0.6 is 15.6 Å². The average Bonchev–Trinajstić information content (AvgIpc) is 1.55. The quantitative estimate of drug-likeness (QED) is 0.0169. The number of carbonyl (C=O) groups excluding carboxylic acids is 4. The van der Waals surface area contributed by atoms with Crippen LogP contribution in [0.25, 0.3) is 0 Å². The highest BCUT2D eigenvalue weighted by Crippen LogP contribution is 2.45. The molecular formula is C75H136O17P2. The molecule has 0 saturated heterocycles. The fourth-order valence-corrected chi connectivity index (χ4v) is 11.8. The number of rotatable bonds is 71. The molecule has 0 saturated carbocycles. The molecule has 5 atom stereocenters. The van der Waals surface area contributed by atoms with Gasteiger partial charge in [-0.1, -0.05) is 262 Å². The number of allylic oxidation sites excluding steroid dienone is 10. The summed E-state index contributed by atoms with van der Waals surface area (Å²) in [5.74, 6) is -2.19. The highest BCUT2D eigenvalue weighted by atomic mass is 31.2. The number of unbranched alkanes of at least 4 members (excludes halogenated alkanes) is 35. The van der Waals surface area contributed by atoms with Crippen LogP contribution in [-0.2, 0) is 65.4 Å². The zero-order chi connectivity index (χ0) is 69.0. The number of aliphatic hydroxyl groups excluding tert-OH is 1. The minimum absolute atomic E-state index is 0.0841. The van der Waals surface area contributed by atoms with E-state index >= 15 is 0 Å². The van der Waals surface area contributed by atoms with Crippen molar-refractivity contribution in [1.29, 1.82) is 0 Å². The van der Waals surface area contributed by atoms with Crippen molar-refractivity contribution in [1.82, 2.24) is 0 Å². The van der Waals surface area contributed by atoms with Gasteiger partial charge in [-0.3, -0.25) is 37.3 Å². The van der Waals surface area contributed by atoms with Crippen molar-refractivity contribution >= 4 is 39.5 Å². The summed E-state index contributed by atoms with van der Waals surface area (Å²) in [4.78, 5) is 72.7. The fraction of sp³-hybridized carbons (Fsp3) is 0.813. The number of carbonyl (C=O) groups is 4. The molecule has 548 valence electrons. The van der Waals surface area contributed by atoms with E-state index in [-0.39, 0.29) is 25.7 Å². The third-order valence-electron chi connectivity index (χ3n) is 16.0. The molecule has 0 aromatic heterocycles. The second-order valence-corrected chi connectivity index (χ2v) is 28.1. The lowest BCUT2D eigenvalue weighted by molar-refractivity contribution is -0.161. The molecule has 5 unspecified atom stereocenters. The Labute approximate surface area is 571 Å². The molecule has 0 spiro atoms. The van der Waals surface area contributed by atoms with Crippen molar-refractivity contribution in [2.75, 3.05) is 39.6 Å². The maximum atomic E-state index is 13.0. The maximum Gasteiger partial charge on any atom is 0.472 e. The predicted octanol–water partition coefficient (Wildman–Crippen LogP) is 21.1. The highest BCUT2D eigenvalue weighted by molar-refractivity contribution is 7.47. The molecule has 0 fully saturated rings. The monoisotopic (exact) mass is 1370 g/mol. The van der Waals surface area contributed by atoms with E-state index in [1.54, 1.807) is 0 Å². The standard InChI is InChI=1S/C75H136O17P2/c1-5-9-13-17-21-25-29-32-34-37-40-43-47-51-55-59-72(77)85-65-70(91-74(79)61-57-53-49-45-39-28-24-20-16-12-8-4)67-89-93(81,82)87-63-69(76)64-88-94(83,84)90-68-71(92-75(80)62-58-54-50-46-42-36-31-27-23-19-15-11-7-3)66-86-73(78)60-56-52-48-44-41-38-35-33-30-26-22-18-14-10-6-2/h10,14,22,26-27,31-35,69-71,76H,5-9,11-13,15-21,23-25,28-30,36-68H2,1-4H3,(H,81,82)(H,83,84)/b14-10-,26-22-,31-27-,34-32-,35-33-. The van der Waals surface area contributed by atoms with E-state index < -0.39 is 97.5 Å². The number of esters is 4. The topological polar surface area (TPSA) is 237 Å². The van der Waals surface area contributed by atoms with E-state index in [2.05, 4.69) is 88.5 Å². The molecule has 0 aliphatic rings. The first-order valence-electron chi connectivity index (χ1n) is 37.5. The lowest BCUT2D eigenvalue weighted by Gasteiger charge is -2.21. The van der Waals surface area contributed by atoms with Gasteiger partial charge >= 0.3 is 39.5 Å². The van der Waals surface area contributed by atoms with Crippen molar-refractivity contribution < 1.29 is 80.2 Å². The van der Waals surface area contributed by atoms with Gasteiger partial charge in [0, 0.05) is 25.7 Å². The Morgan fingerprint density at radius 1 is 0.309 bits per heavy atom. The van der Waals surface area contributed by atoms with E-state index in [1.165, 1.54) is 103 Å². The Balaban J connectivity index is 5.31. The number of aliphatic hydroxyl groups is 1. The van der Waals surface area contributed by atoms with Crippen LogP contribution in [0.4, 0.5) is 0 Å². The van der Waals surface area contributed by atoms with Gasteiger partial charge in [0.15, 0.2) is 12.2 Å². The zero-order valence-electron chi connectivity index (χ0n) is 59.6. The predicted molar refractivity (Wildman–Crippen MR) is 381 cm³/mol. The average molecular weight is 1370 g/mol. The van der Waals surface area contributed by atoms with Crippen molar-refractivity contribution in [2.24, 2.45) is 0 Å². The minimum atomic E-state index is -4.97. The van der Waals surface area contributed by atoms with Crippen molar-refractivity contribution in [3.05, 3.63) is 60.8 Å². The Kier molecular flexibility index (Phi) is 65.9. The maximum absolute atomic E-state index is 13.0. The summed E-state index contributed by atoms with van der Waals surface area (Å²) in [7, 11) is -9.93. The summed E-state index contributed by atoms with van der Waals surface area (Å²) in [5.41, 5.74) is 0. The second kappa shape index (κ2) is 68.3. The molecule has 94 heavy (non-hydrogen) atoms. The summed E-state index contributed by atoms with van der Waals surface area (Å²) in [5, 5.41) is 10.6. The smallest absolute Gasteiger partial charge is 0.462 e. The molecular weight excluding hydrogens is 1230 g/mol. The molecule has 0 heterocycles. The van der Waals surface area contributed by atoms with Crippen molar-refractivity contribution in [3.8, 4) is 0 Å². The van der Waals surface area contributed by atoms with E-state index in [0.717, 1.165) is 154 Å². The summed E-state index contributed by atoms with van der Waals surface area (Å²) in [6.07, 6.45) is 65.0. The molecule has 0 aliphatic carbocycles. The molecule has 19 heteroatoms. The number of hydrogen-bond acceptors (Lipinski definition) is 15. The summed E-state index contributed by atoms with van der Waals surface area (Å²) in [6.45, 7) is 4.73. The Bertz CT molecular complexity index is 2030. The van der Waals surface area contributed by atoms with Crippen molar-refractivity contribution in [3.63, 3.8) is 0 Å². The number of hydrogen-bond donors (Lipinski definition) is 3. The zero-order valence-corrected chi connectivity index (χ0v) is 61.4. The van der Waals surface area contributed by atoms with Crippen LogP contribution in [0.3, 0.4) is 0 Å². The third-order valence-corrected chi connectivity index (χ3v) is 17.9. The molecule has 0 radical (unpaired) electrons. The lowest BCUT2D eigenvalue weighted by Crippen LogP contribution is -2.30. The Morgan fingerprint density at radius 3 is 0.872 bits per heavy atom. The molecule has 0 aromatic rings. The third kappa shape index (κ3) is 67.3. The van der Waals surface area contributed by atoms with Gasteiger partial charge < -0.3 is 33.8 Å². The van der Waals surface area contributed by atoms with E-state index in [9.17, 15) is 43.2 Å². The van der Waals surface area contributed by atoms with Gasteiger partial charge in [0.05, 0.1) is 26.4 Å². The van der Waals surface area contributed by atoms with Gasteiger partial charge in [-0.2, -0.15) is 0 Å². The summed E-state index contributed by atoms with van der Waals surface area (Å²) >= 11 is 0. The van der Waals surface area contributed by atoms with Gasteiger partial charge in [-0.05, 0) is 109 Å². The van der Waals surface area contributed by atoms with Crippen LogP contribution in [0.1, 0.15) is 336 Å².